The highest BCUT2D eigenvalue weighted by atomic mass is 32.2. The van der Waals surface area contributed by atoms with Crippen LogP contribution in [-0.2, 0) is 21.4 Å². The van der Waals surface area contributed by atoms with Gasteiger partial charge in [0.1, 0.15) is 11.3 Å². The Morgan fingerprint density at radius 1 is 1.12 bits per heavy atom. The fraction of sp³-hybridized carbons (Fsp3) is 0.118. The van der Waals surface area contributed by atoms with Crippen LogP contribution in [0.2, 0.25) is 0 Å². The summed E-state index contributed by atoms with van der Waals surface area (Å²) < 4.78 is 47.0. The van der Waals surface area contributed by atoms with Gasteiger partial charge in [0.2, 0.25) is 0 Å². The van der Waals surface area contributed by atoms with Crippen LogP contribution in [0.4, 0.5) is 10.1 Å². The summed E-state index contributed by atoms with van der Waals surface area (Å²) in [6.45, 7) is 0.268. The Hall–Kier alpha value is -2.51. The highest BCUT2D eigenvalue weighted by Gasteiger charge is 2.20. The zero-order valence-electron chi connectivity index (χ0n) is 12.9. The Bertz CT molecular complexity index is 990. The van der Waals surface area contributed by atoms with E-state index >= 15 is 0 Å². The molecule has 0 saturated carbocycles. The zero-order chi connectivity index (χ0) is 17.2. The van der Waals surface area contributed by atoms with E-state index in [1.807, 2.05) is 0 Å². The summed E-state index contributed by atoms with van der Waals surface area (Å²) in [5, 5.41) is 0.231. The maximum Gasteiger partial charge on any atom is 0.262 e. The Balaban J connectivity index is 2.08. The first-order valence-electron chi connectivity index (χ1n) is 7.16. The lowest BCUT2D eigenvalue weighted by Gasteiger charge is -2.13. The second kappa shape index (κ2) is 6.54. The molecule has 0 atom stereocenters. The minimum atomic E-state index is -3.91. The molecule has 0 aliphatic heterocycles. The van der Waals surface area contributed by atoms with Gasteiger partial charge in [0.05, 0.1) is 17.2 Å². The van der Waals surface area contributed by atoms with Crippen molar-refractivity contribution in [1.29, 1.82) is 0 Å². The molecule has 0 aliphatic rings. The Morgan fingerprint density at radius 2 is 1.92 bits per heavy atom. The number of nitrogens with zero attached hydrogens (tertiary/aromatic N) is 1. The van der Waals surface area contributed by atoms with Crippen molar-refractivity contribution in [3.8, 4) is 0 Å². The first-order chi connectivity index (χ1) is 11.5. The van der Waals surface area contributed by atoms with Crippen molar-refractivity contribution >= 4 is 26.6 Å². The van der Waals surface area contributed by atoms with E-state index in [-0.39, 0.29) is 22.4 Å². The number of anilines is 1. The lowest BCUT2D eigenvalue weighted by molar-refractivity contribution is 0.185. The average Bonchev–Trinajstić information content (AvgIpc) is 2.57. The third-order valence-electron chi connectivity index (χ3n) is 3.53. The van der Waals surface area contributed by atoms with Crippen LogP contribution in [-0.4, -0.2) is 20.5 Å². The number of fused-ring (bicyclic) bond motifs is 1. The lowest BCUT2D eigenvalue weighted by Crippen LogP contribution is -2.15. The van der Waals surface area contributed by atoms with Gasteiger partial charge in [0.25, 0.3) is 10.0 Å². The van der Waals surface area contributed by atoms with Crippen LogP contribution in [0.5, 0.6) is 0 Å². The minimum absolute atomic E-state index is 0.0190. The monoisotopic (exact) mass is 346 g/mol. The Labute approximate surface area is 139 Å². The van der Waals surface area contributed by atoms with E-state index < -0.39 is 15.8 Å². The number of ether oxygens (including phenoxy) is 1. The van der Waals surface area contributed by atoms with Gasteiger partial charge in [-0.15, -0.1) is 0 Å². The molecule has 1 N–H and O–H groups in total. The number of hydrogen-bond acceptors (Lipinski definition) is 4. The second-order valence-electron chi connectivity index (χ2n) is 5.14. The molecule has 0 radical (unpaired) electrons. The van der Waals surface area contributed by atoms with Gasteiger partial charge in [0.15, 0.2) is 0 Å². The summed E-state index contributed by atoms with van der Waals surface area (Å²) in [4.78, 5) is 3.89. The van der Waals surface area contributed by atoms with Gasteiger partial charge in [-0.25, -0.2) is 12.8 Å². The largest absolute Gasteiger partial charge is 0.380 e. The van der Waals surface area contributed by atoms with Crippen molar-refractivity contribution in [2.75, 3.05) is 11.8 Å². The van der Waals surface area contributed by atoms with Crippen LogP contribution in [0.3, 0.4) is 0 Å². The van der Waals surface area contributed by atoms with Gasteiger partial charge in [0, 0.05) is 24.3 Å². The summed E-state index contributed by atoms with van der Waals surface area (Å²) in [6.07, 6.45) is 1.42. The predicted octanol–water partition coefficient (Wildman–Crippen LogP) is 3.32. The number of sulfonamides is 1. The van der Waals surface area contributed by atoms with Crippen LogP contribution in [0.25, 0.3) is 10.9 Å². The van der Waals surface area contributed by atoms with Crippen molar-refractivity contribution in [2.24, 2.45) is 0 Å². The van der Waals surface area contributed by atoms with E-state index in [1.54, 1.807) is 30.3 Å². The van der Waals surface area contributed by atoms with Crippen molar-refractivity contribution < 1.29 is 17.5 Å². The molecule has 5 nitrogen and oxygen atoms in total. The molecule has 0 aliphatic carbocycles. The number of methoxy groups -OCH3 is 1. The van der Waals surface area contributed by atoms with Gasteiger partial charge in [-0.05, 0) is 30.3 Å². The number of rotatable bonds is 5. The molecule has 0 unspecified atom stereocenters. The van der Waals surface area contributed by atoms with Crippen LogP contribution >= 0.6 is 0 Å². The van der Waals surface area contributed by atoms with Crippen molar-refractivity contribution in [1.82, 2.24) is 4.98 Å². The van der Waals surface area contributed by atoms with Crippen LogP contribution in [0.15, 0.2) is 59.6 Å². The molecular weight excluding hydrogens is 331 g/mol. The summed E-state index contributed by atoms with van der Waals surface area (Å²) in [7, 11) is -2.38. The predicted molar refractivity (Wildman–Crippen MR) is 89.7 cm³/mol. The summed E-state index contributed by atoms with van der Waals surface area (Å²) in [6, 6.07) is 12.4. The number of aromatic nitrogens is 1. The third-order valence-corrected chi connectivity index (χ3v) is 4.96. The number of para-hydroxylation sites is 1. The fourth-order valence-electron chi connectivity index (χ4n) is 2.45. The van der Waals surface area contributed by atoms with E-state index in [2.05, 4.69) is 9.71 Å². The summed E-state index contributed by atoms with van der Waals surface area (Å²) >= 11 is 0. The molecule has 1 aromatic heterocycles. The smallest absolute Gasteiger partial charge is 0.262 e. The van der Waals surface area contributed by atoms with E-state index in [9.17, 15) is 12.8 Å². The third kappa shape index (κ3) is 3.08. The van der Waals surface area contributed by atoms with Gasteiger partial charge in [-0.3, -0.25) is 9.71 Å². The van der Waals surface area contributed by atoms with E-state index in [0.29, 0.717) is 11.3 Å². The molecular formula is C17H15FN2O3S. The standard InChI is InChI=1S/C17H15FN2O3S/c1-23-11-12-5-2-3-7-15(12)20-24(21,22)16-9-8-14(18)17-13(16)6-4-10-19-17/h2-10,20H,11H2,1H3. The molecule has 0 amide bonds. The summed E-state index contributed by atoms with van der Waals surface area (Å²) in [5.41, 5.74) is 1.14. The molecule has 0 spiro atoms. The zero-order valence-corrected chi connectivity index (χ0v) is 13.7. The molecule has 0 bridgehead atoms. The lowest BCUT2D eigenvalue weighted by atomic mass is 10.2. The second-order valence-corrected chi connectivity index (χ2v) is 6.79. The first kappa shape index (κ1) is 16.4. The highest BCUT2D eigenvalue weighted by Crippen LogP contribution is 2.27. The summed E-state index contributed by atoms with van der Waals surface area (Å²) in [5.74, 6) is -0.565. The molecule has 0 fully saturated rings. The van der Waals surface area contributed by atoms with Crippen molar-refractivity contribution in [2.45, 2.75) is 11.5 Å². The van der Waals surface area contributed by atoms with Gasteiger partial charge < -0.3 is 4.74 Å². The van der Waals surface area contributed by atoms with Gasteiger partial charge >= 0.3 is 0 Å². The molecule has 7 heteroatoms. The molecule has 3 rings (SSSR count). The molecule has 2 aromatic carbocycles. The van der Waals surface area contributed by atoms with E-state index in [0.717, 1.165) is 6.07 Å². The average molecular weight is 346 g/mol. The number of hydrogen-bond donors (Lipinski definition) is 1. The number of nitrogens with one attached hydrogen (secondary N) is 1. The number of halogens is 1. The van der Waals surface area contributed by atoms with Crippen molar-refractivity contribution in [3.05, 3.63) is 66.1 Å². The SMILES string of the molecule is COCc1ccccc1NS(=O)(=O)c1ccc(F)c2ncccc12. The van der Waals surface area contributed by atoms with Crippen LogP contribution in [0, 0.1) is 5.82 Å². The molecule has 124 valence electrons. The maximum atomic E-state index is 13.9. The van der Waals surface area contributed by atoms with E-state index in [4.69, 9.17) is 4.74 Å². The van der Waals surface area contributed by atoms with Crippen LogP contribution in [0.1, 0.15) is 5.56 Å². The minimum Gasteiger partial charge on any atom is -0.380 e. The van der Waals surface area contributed by atoms with E-state index in [1.165, 1.54) is 25.4 Å². The fourth-order valence-corrected chi connectivity index (χ4v) is 3.75. The quantitative estimate of drug-likeness (QED) is 0.769. The van der Waals surface area contributed by atoms with Gasteiger partial charge in [-0.1, -0.05) is 18.2 Å². The van der Waals surface area contributed by atoms with Gasteiger partial charge in [-0.2, -0.15) is 0 Å². The Morgan fingerprint density at radius 3 is 2.71 bits per heavy atom. The Kier molecular flexibility index (Phi) is 4.46. The number of pyridine rings is 1. The molecule has 0 saturated heterocycles. The van der Waals surface area contributed by atoms with Crippen LogP contribution < -0.4 is 4.72 Å². The highest BCUT2D eigenvalue weighted by molar-refractivity contribution is 7.93. The topological polar surface area (TPSA) is 68.3 Å². The molecule has 3 aromatic rings. The first-order valence-corrected chi connectivity index (χ1v) is 8.64. The normalized spacial score (nSPS) is 11.6. The molecule has 1 heterocycles. The number of benzene rings is 2. The maximum absolute atomic E-state index is 13.9. The van der Waals surface area contributed by atoms with Crippen molar-refractivity contribution in [3.63, 3.8) is 0 Å². The molecule has 24 heavy (non-hydrogen) atoms.